The molecule has 0 radical (unpaired) electrons. The average molecular weight is 490 g/mol. The zero-order chi connectivity index (χ0) is 21.5. The number of nitrogens with zero attached hydrogens (tertiary/aromatic N) is 3. The predicted octanol–water partition coefficient (Wildman–Crippen LogP) is 5.12. The molecule has 0 bridgehead atoms. The molecule has 11 heteroatoms. The lowest BCUT2D eigenvalue weighted by Crippen LogP contribution is -2.13. The summed E-state index contributed by atoms with van der Waals surface area (Å²) in [5.41, 5.74) is 1.79. The van der Waals surface area contributed by atoms with Gasteiger partial charge >= 0.3 is 0 Å². The van der Waals surface area contributed by atoms with E-state index < -0.39 is 0 Å². The van der Waals surface area contributed by atoms with Crippen LogP contribution in [0.1, 0.15) is 4.88 Å². The van der Waals surface area contributed by atoms with Crippen LogP contribution in [0, 0.1) is 0 Å². The quantitative estimate of drug-likeness (QED) is 0.299. The van der Waals surface area contributed by atoms with Gasteiger partial charge in [-0.2, -0.15) is 0 Å². The molecule has 3 aromatic heterocycles. The van der Waals surface area contributed by atoms with Gasteiger partial charge in [0.2, 0.25) is 11.0 Å². The van der Waals surface area contributed by atoms with Crippen molar-refractivity contribution in [2.75, 3.05) is 30.0 Å². The molecular formula is C20H19N5O2S4. The van der Waals surface area contributed by atoms with Gasteiger partial charge in [-0.25, -0.2) is 4.98 Å². The van der Waals surface area contributed by atoms with E-state index in [0.29, 0.717) is 5.13 Å². The van der Waals surface area contributed by atoms with Gasteiger partial charge in [-0.3, -0.25) is 4.79 Å². The van der Waals surface area contributed by atoms with Crippen molar-refractivity contribution in [1.29, 1.82) is 0 Å². The van der Waals surface area contributed by atoms with Crippen LogP contribution in [-0.4, -0.2) is 40.5 Å². The van der Waals surface area contributed by atoms with E-state index in [1.165, 1.54) is 39.3 Å². The van der Waals surface area contributed by atoms with Gasteiger partial charge in [0.05, 0.1) is 18.6 Å². The molecule has 4 rings (SSSR count). The number of thiazole rings is 1. The fraction of sp³-hybridized carbons (Fsp3) is 0.200. The summed E-state index contributed by atoms with van der Waals surface area (Å²) >= 11 is 5.96. The maximum atomic E-state index is 12.3. The third-order valence-corrected chi connectivity index (χ3v) is 7.81. The first kappa shape index (κ1) is 21.8. The van der Waals surface area contributed by atoms with Crippen molar-refractivity contribution < 1.29 is 9.53 Å². The van der Waals surface area contributed by atoms with Crippen LogP contribution in [0.15, 0.2) is 51.5 Å². The Morgan fingerprint density at radius 3 is 2.77 bits per heavy atom. The molecule has 0 aliphatic carbocycles. The zero-order valence-corrected chi connectivity index (χ0v) is 19.8. The number of rotatable bonds is 10. The first-order chi connectivity index (χ1) is 15.2. The second-order valence-corrected chi connectivity index (χ2v) is 10.3. The monoisotopic (exact) mass is 489 g/mol. The van der Waals surface area contributed by atoms with Crippen LogP contribution >= 0.6 is 45.8 Å². The normalized spacial score (nSPS) is 10.7. The van der Waals surface area contributed by atoms with Gasteiger partial charge in [0.15, 0.2) is 9.47 Å². The number of hydrogen-bond donors (Lipinski definition) is 2. The largest absolute Gasteiger partial charge is 0.497 e. The third-order valence-electron chi connectivity index (χ3n) is 4.10. The summed E-state index contributed by atoms with van der Waals surface area (Å²) in [5.74, 6) is 0.923. The van der Waals surface area contributed by atoms with Crippen LogP contribution in [0.2, 0.25) is 0 Å². The predicted molar refractivity (Wildman–Crippen MR) is 130 cm³/mol. The highest BCUT2D eigenvalue weighted by molar-refractivity contribution is 8.01. The number of aromatic nitrogens is 3. The van der Waals surface area contributed by atoms with Crippen molar-refractivity contribution in [2.45, 2.75) is 10.8 Å². The van der Waals surface area contributed by atoms with Crippen LogP contribution < -0.4 is 15.4 Å². The van der Waals surface area contributed by atoms with Crippen molar-refractivity contribution in [3.8, 4) is 17.0 Å². The Kier molecular flexibility index (Phi) is 7.52. The number of hydrogen-bond acceptors (Lipinski definition) is 10. The van der Waals surface area contributed by atoms with Crippen LogP contribution in [0.5, 0.6) is 5.75 Å². The first-order valence-electron chi connectivity index (χ1n) is 9.32. The maximum Gasteiger partial charge on any atom is 0.236 e. The number of thioether (sulfide) groups is 1. The highest BCUT2D eigenvalue weighted by Crippen LogP contribution is 2.28. The molecule has 160 valence electrons. The van der Waals surface area contributed by atoms with E-state index in [1.54, 1.807) is 18.4 Å². The van der Waals surface area contributed by atoms with Crippen LogP contribution in [0.3, 0.4) is 0 Å². The second-order valence-electron chi connectivity index (χ2n) is 6.23. The Morgan fingerprint density at radius 1 is 1.13 bits per heavy atom. The number of carbonyl (C=O) groups is 1. The van der Waals surface area contributed by atoms with Crippen molar-refractivity contribution in [1.82, 2.24) is 15.2 Å². The van der Waals surface area contributed by atoms with E-state index in [1.807, 2.05) is 29.6 Å². The summed E-state index contributed by atoms with van der Waals surface area (Å²) in [6.07, 6.45) is 0.953. The average Bonchev–Trinajstić information content (AvgIpc) is 3.55. The molecule has 0 atom stereocenters. The lowest BCUT2D eigenvalue weighted by molar-refractivity contribution is -0.113. The highest BCUT2D eigenvalue weighted by Gasteiger charge is 2.11. The maximum absolute atomic E-state index is 12.3. The molecule has 31 heavy (non-hydrogen) atoms. The van der Waals surface area contributed by atoms with E-state index in [0.717, 1.165) is 39.4 Å². The number of carbonyl (C=O) groups excluding carboxylic acids is 1. The number of amides is 1. The third kappa shape index (κ3) is 6.26. The van der Waals surface area contributed by atoms with Crippen LogP contribution in [0.25, 0.3) is 11.3 Å². The fourth-order valence-corrected chi connectivity index (χ4v) is 5.62. The molecule has 1 aromatic carbocycles. The highest BCUT2D eigenvalue weighted by atomic mass is 32.2. The zero-order valence-electron chi connectivity index (χ0n) is 16.5. The molecule has 0 fully saturated rings. The molecule has 1 amide bonds. The minimum absolute atomic E-state index is 0.122. The summed E-state index contributed by atoms with van der Waals surface area (Å²) in [5, 5.41) is 19.7. The number of ether oxygens (including phenoxy) is 1. The lowest BCUT2D eigenvalue weighted by atomic mass is 10.2. The van der Waals surface area contributed by atoms with Gasteiger partial charge in [-0.1, -0.05) is 29.2 Å². The Bertz CT molecular complexity index is 1110. The van der Waals surface area contributed by atoms with Gasteiger partial charge in [-0.05, 0) is 42.1 Å². The topological polar surface area (TPSA) is 89.0 Å². The van der Waals surface area contributed by atoms with Gasteiger partial charge in [0, 0.05) is 22.4 Å². The molecule has 7 nitrogen and oxygen atoms in total. The van der Waals surface area contributed by atoms with Crippen molar-refractivity contribution >= 4 is 61.9 Å². The number of benzene rings is 1. The summed E-state index contributed by atoms with van der Waals surface area (Å²) in [6, 6.07) is 11.8. The molecule has 3 heterocycles. The lowest BCUT2D eigenvalue weighted by Gasteiger charge is -2.01. The van der Waals surface area contributed by atoms with Gasteiger partial charge in [0.1, 0.15) is 5.75 Å². The SMILES string of the molecule is COc1ccc(-c2csc(NC(=O)CSc3nnc(NCCc4cccs4)s3)n2)cc1. The van der Waals surface area contributed by atoms with Crippen molar-refractivity contribution in [2.24, 2.45) is 0 Å². The summed E-state index contributed by atoms with van der Waals surface area (Å²) in [7, 11) is 1.63. The van der Waals surface area contributed by atoms with E-state index in [-0.39, 0.29) is 11.7 Å². The summed E-state index contributed by atoms with van der Waals surface area (Å²) < 4.78 is 5.93. The molecule has 0 saturated carbocycles. The van der Waals surface area contributed by atoms with Gasteiger partial charge in [0.25, 0.3) is 0 Å². The standard InChI is InChI=1S/C20H19N5O2S4/c1-27-14-6-4-13(5-7-14)16-11-29-19(22-16)23-17(26)12-30-20-25-24-18(31-20)21-9-8-15-3-2-10-28-15/h2-7,10-11H,8-9,12H2,1H3,(H,21,24)(H,22,23,26). The van der Waals surface area contributed by atoms with Gasteiger partial charge < -0.3 is 15.4 Å². The Hall–Kier alpha value is -2.47. The Morgan fingerprint density at radius 2 is 2.00 bits per heavy atom. The van der Waals surface area contributed by atoms with E-state index in [4.69, 9.17) is 4.74 Å². The minimum Gasteiger partial charge on any atom is -0.497 e. The second kappa shape index (κ2) is 10.7. The van der Waals surface area contributed by atoms with Crippen molar-refractivity contribution in [3.63, 3.8) is 0 Å². The van der Waals surface area contributed by atoms with Crippen molar-refractivity contribution in [3.05, 3.63) is 52.0 Å². The Balaban J connectivity index is 1.22. The number of nitrogens with one attached hydrogen (secondary N) is 2. The number of thiophene rings is 1. The molecule has 0 unspecified atom stereocenters. The molecule has 2 N–H and O–H groups in total. The number of anilines is 2. The smallest absolute Gasteiger partial charge is 0.236 e. The van der Waals surface area contributed by atoms with Crippen LogP contribution in [0.4, 0.5) is 10.3 Å². The van der Waals surface area contributed by atoms with Crippen LogP contribution in [-0.2, 0) is 11.2 Å². The molecular weight excluding hydrogens is 471 g/mol. The first-order valence-corrected chi connectivity index (χ1v) is 12.9. The van der Waals surface area contributed by atoms with E-state index >= 15 is 0 Å². The summed E-state index contributed by atoms with van der Waals surface area (Å²) in [6.45, 7) is 0.806. The molecule has 4 aromatic rings. The van der Waals surface area contributed by atoms with Gasteiger partial charge in [-0.15, -0.1) is 32.9 Å². The van der Waals surface area contributed by atoms with E-state index in [2.05, 4.69) is 43.3 Å². The minimum atomic E-state index is -0.122. The molecule has 0 saturated heterocycles. The fourth-order valence-electron chi connectivity index (χ4n) is 2.60. The molecule has 0 spiro atoms. The molecule has 0 aliphatic heterocycles. The Labute approximate surface area is 195 Å². The molecule has 0 aliphatic rings. The van der Waals surface area contributed by atoms with E-state index in [9.17, 15) is 4.79 Å². The summed E-state index contributed by atoms with van der Waals surface area (Å²) in [4.78, 5) is 18.1. The number of methoxy groups -OCH3 is 1.